The lowest BCUT2D eigenvalue weighted by molar-refractivity contribution is 0.0996. The Morgan fingerprint density at radius 1 is 1.06 bits per heavy atom. The van der Waals surface area contributed by atoms with Gasteiger partial charge >= 0.3 is 0 Å². The monoisotopic (exact) mass is 482 g/mol. The maximum absolute atomic E-state index is 14.2. The molecule has 1 aliphatic heterocycles. The van der Waals surface area contributed by atoms with E-state index < -0.39 is 0 Å². The summed E-state index contributed by atoms with van der Waals surface area (Å²) in [5.74, 6) is 1.61. The van der Waals surface area contributed by atoms with Crippen LogP contribution in [-0.2, 0) is 20.1 Å². The molecule has 1 amide bonds. The summed E-state index contributed by atoms with van der Waals surface area (Å²) < 4.78 is 15.9. The Labute approximate surface area is 209 Å². The van der Waals surface area contributed by atoms with Crippen LogP contribution < -0.4 is 10.2 Å². The van der Waals surface area contributed by atoms with Gasteiger partial charge in [-0.1, -0.05) is 18.2 Å². The second kappa shape index (κ2) is 8.95. The first-order valence-electron chi connectivity index (χ1n) is 12.2. The van der Waals surface area contributed by atoms with Crippen molar-refractivity contribution in [2.24, 2.45) is 13.0 Å². The van der Waals surface area contributed by atoms with E-state index in [1.54, 1.807) is 21.9 Å². The van der Waals surface area contributed by atoms with Crippen LogP contribution in [0, 0.1) is 18.7 Å². The molecule has 2 aromatic heterocycles. The first-order chi connectivity index (χ1) is 17.5. The number of aromatic nitrogens is 4. The summed E-state index contributed by atoms with van der Waals surface area (Å²) in [5, 5.41) is 11.6. The van der Waals surface area contributed by atoms with E-state index in [1.807, 2.05) is 38.2 Å². The Hall–Kier alpha value is -3.91. The second-order valence-corrected chi connectivity index (χ2v) is 9.77. The van der Waals surface area contributed by atoms with E-state index in [0.717, 1.165) is 47.0 Å². The first-order valence-corrected chi connectivity index (χ1v) is 12.2. The third kappa shape index (κ3) is 4.28. The quantitative estimate of drug-likeness (QED) is 0.415. The largest absolute Gasteiger partial charge is 0.317 e. The molecule has 8 heteroatoms. The average Bonchev–Trinajstić information content (AvgIpc) is 3.49. The predicted molar refractivity (Wildman–Crippen MR) is 136 cm³/mol. The van der Waals surface area contributed by atoms with E-state index in [1.165, 1.54) is 25.0 Å². The topological polar surface area (TPSA) is 75.9 Å². The molecule has 0 saturated heterocycles. The van der Waals surface area contributed by atoms with Gasteiger partial charge in [-0.15, -0.1) is 10.2 Å². The molecule has 4 aromatic rings. The van der Waals surface area contributed by atoms with Gasteiger partial charge in [0.2, 0.25) is 0 Å². The molecule has 1 fully saturated rings. The normalized spacial score (nSPS) is 15.0. The molecule has 0 unspecified atom stereocenters. The van der Waals surface area contributed by atoms with Crippen molar-refractivity contribution in [3.63, 3.8) is 0 Å². The number of carbonyl (C=O) groups is 1. The number of fused-ring (bicyclic) bond motifs is 1. The van der Waals surface area contributed by atoms with E-state index in [9.17, 15) is 9.18 Å². The highest BCUT2D eigenvalue weighted by Gasteiger charge is 2.30. The molecule has 1 N–H and O–H groups in total. The number of carbonyl (C=O) groups excluding carboxylic acids is 1. The average molecular weight is 483 g/mol. The van der Waals surface area contributed by atoms with E-state index in [0.29, 0.717) is 29.3 Å². The molecule has 0 bridgehead atoms. The standard InChI is InChI=1S/C28H27FN6O/c1-17-9-19(14-30-13-18-3-4-18)10-26(32-17)35-15-21-6-5-20(11-24(21)28(35)36)23-8-7-22(29)12-25(23)27-33-31-16-34(27)2/h5-12,16,18,30H,3-4,13-15H2,1-2H3. The van der Waals surface area contributed by atoms with Gasteiger partial charge in [0.05, 0.1) is 6.54 Å². The summed E-state index contributed by atoms with van der Waals surface area (Å²) in [6, 6.07) is 14.5. The third-order valence-corrected chi connectivity index (χ3v) is 6.89. The lowest BCUT2D eigenvalue weighted by atomic mass is 9.96. The fourth-order valence-electron chi connectivity index (χ4n) is 4.84. The van der Waals surface area contributed by atoms with Gasteiger partial charge in [0, 0.05) is 30.4 Å². The summed E-state index contributed by atoms with van der Waals surface area (Å²) in [5.41, 5.74) is 5.84. The third-order valence-electron chi connectivity index (χ3n) is 6.89. The van der Waals surface area contributed by atoms with Crippen molar-refractivity contribution in [2.45, 2.75) is 32.9 Å². The number of amides is 1. The molecule has 0 spiro atoms. The molecule has 2 aliphatic rings. The number of hydrogen-bond donors (Lipinski definition) is 1. The van der Waals surface area contributed by atoms with Crippen LogP contribution >= 0.6 is 0 Å². The van der Waals surface area contributed by atoms with Crippen LogP contribution in [0.1, 0.15) is 40.0 Å². The number of nitrogens with zero attached hydrogens (tertiary/aromatic N) is 5. The number of pyridine rings is 1. The van der Waals surface area contributed by atoms with Crippen molar-refractivity contribution in [3.8, 4) is 22.5 Å². The molecule has 2 aromatic carbocycles. The number of nitrogens with one attached hydrogen (secondary N) is 1. The van der Waals surface area contributed by atoms with Crippen molar-refractivity contribution in [1.29, 1.82) is 0 Å². The highest BCUT2D eigenvalue weighted by Crippen LogP contribution is 2.36. The van der Waals surface area contributed by atoms with Crippen LogP contribution in [0.4, 0.5) is 10.2 Å². The minimum atomic E-state index is -0.354. The Morgan fingerprint density at radius 3 is 2.69 bits per heavy atom. The van der Waals surface area contributed by atoms with E-state index in [2.05, 4.69) is 26.6 Å². The van der Waals surface area contributed by atoms with Crippen LogP contribution in [-0.4, -0.2) is 32.2 Å². The smallest absolute Gasteiger partial charge is 0.260 e. The number of aryl methyl sites for hydroxylation is 2. The minimum Gasteiger partial charge on any atom is -0.317 e. The SMILES string of the molecule is Cc1cc(CNCC2CC2)cc(N2Cc3ccc(-c4ccc(F)cc4-c4nncn4C)cc3C2=O)n1. The molecule has 3 heterocycles. The lowest BCUT2D eigenvalue weighted by Crippen LogP contribution is -2.25. The van der Waals surface area contributed by atoms with Gasteiger partial charge in [0.1, 0.15) is 18.0 Å². The zero-order chi connectivity index (χ0) is 24.8. The number of anilines is 1. The van der Waals surface area contributed by atoms with Crippen LogP contribution in [0.3, 0.4) is 0 Å². The predicted octanol–water partition coefficient (Wildman–Crippen LogP) is 4.65. The van der Waals surface area contributed by atoms with Crippen LogP contribution in [0.2, 0.25) is 0 Å². The Balaban J connectivity index is 1.30. The Morgan fingerprint density at radius 2 is 1.92 bits per heavy atom. The molecular weight excluding hydrogens is 455 g/mol. The number of rotatable bonds is 7. The molecule has 6 rings (SSSR count). The van der Waals surface area contributed by atoms with Gasteiger partial charge in [-0.2, -0.15) is 0 Å². The van der Waals surface area contributed by atoms with Crippen molar-refractivity contribution < 1.29 is 9.18 Å². The van der Waals surface area contributed by atoms with E-state index in [-0.39, 0.29) is 11.7 Å². The summed E-state index contributed by atoms with van der Waals surface area (Å²) in [6.07, 6.45) is 4.21. The van der Waals surface area contributed by atoms with Gasteiger partial charge in [0.25, 0.3) is 5.91 Å². The number of hydrogen-bond acceptors (Lipinski definition) is 5. The molecular formula is C28H27FN6O. The Kier molecular flexibility index (Phi) is 5.60. The van der Waals surface area contributed by atoms with Gasteiger partial charge < -0.3 is 9.88 Å². The van der Waals surface area contributed by atoms with Gasteiger partial charge in [-0.3, -0.25) is 9.69 Å². The van der Waals surface area contributed by atoms with Crippen LogP contribution in [0.5, 0.6) is 0 Å². The lowest BCUT2D eigenvalue weighted by Gasteiger charge is -2.17. The van der Waals surface area contributed by atoms with E-state index >= 15 is 0 Å². The van der Waals surface area contributed by atoms with Crippen LogP contribution in [0.15, 0.2) is 54.9 Å². The summed E-state index contributed by atoms with van der Waals surface area (Å²) in [4.78, 5) is 19.9. The first kappa shape index (κ1) is 22.5. The van der Waals surface area contributed by atoms with Crippen molar-refractivity contribution in [2.75, 3.05) is 11.4 Å². The Bertz CT molecular complexity index is 1470. The van der Waals surface area contributed by atoms with Gasteiger partial charge in [0.15, 0.2) is 5.82 Å². The summed E-state index contributed by atoms with van der Waals surface area (Å²) >= 11 is 0. The summed E-state index contributed by atoms with van der Waals surface area (Å²) in [7, 11) is 1.82. The number of halogens is 1. The fraction of sp³-hybridized carbons (Fsp3) is 0.286. The maximum atomic E-state index is 14.2. The maximum Gasteiger partial charge on any atom is 0.260 e. The summed E-state index contributed by atoms with van der Waals surface area (Å²) in [6.45, 7) is 4.23. The second-order valence-electron chi connectivity index (χ2n) is 9.77. The van der Waals surface area contributed by atoms with Crippen molar-refractivity contribution in [3.05, 3.63) is 83.1 Å². The number of benzene rings is 2. The molecule has 1 saturated carbocycles. The van der Waals surface area contributed by atoms with Gasteiger partial charge in [-0.25, -0.2) is 9.37 Å². The minimum absolute atomic E-state index is 0.0795. The van der Waals surface area contributed by atoms with E-state index in [4.69, 9.17) is 0 Å². The molecule has 0 radical (unpaired) electrons. The molecule has 182 valence electrons. The zero-order valence-corrected chi connectivity index (χ0v) is 20.3. The highest BCUT2D eigenvalue weighted by atomic mass is 19.1. The highest BCUT2D eigenvalue weighted by molar-refractivity contribution is 6.10. The van der Waals surface area contributed by atoms with Crippen molar-refractivity contribution in [1.82, 2.24) is 25.1 Å². The van der Waals surface area contributed by atoms with Crippen LogP contribution in [0.25, 0.3) is 22.5 Å². The zero-order valence-electron chi connectivity index (χ0n) is 20.3. The molecule has 36 heavy (non-hydrogen) atoms. The fourth-order valence-corrected chi connectivity index (χ4v) is 4.84. The molecule has 1 aliphatic carbocycles. The van der Waals surface area contributed by atoms with Crippen molar-refractivity contribution >= 4 is 11.7 Å². The molecule has 0 atom stereocenters. The molecule has 7 nitrogen and oxygen atoms in total. The van der Waals surface area contributed by atoms with Gasteiger partial charge in [-0.05, 0) is 84.8 Å².